The molecule has 0 bridgehead atoms. The van der Waals surface area contributed by atoms with Gasteiger partial charge >= 0.3 is 13.6 Å². The van der Waals surface area contributed by atoms with E-state index in [-0.39, 0.29) is 6.10 Å². The van der Waals surface area contributed by atoms with E-state index < -0.39 is 50.6 Å². The summed E-state index contributed by atoms with van der Waals surface area (Å²) in [4.78, 5) is 44.1. The fourth-order valence-corrected chi connectivity index (χ4v) is 4.50. The second-order valence-corrected chi connectivity index (χ2v) is 9.55. The second-order valence-electron chi connectivity index (χ2n) is 7.90. The first-order valence-electron chi connectivity index (χ1n) is 10.1. The molecular weight excluding hydrogens is 465 g/mol. The van der Waals surface area contributed by atoms with Crippen molar-refractivity contribution in [1.82, 2.24) is 19.5 Å². The lowest BCUT2D eigenvalue weighted by atomic mass is 10.1. The number of carboxylic acid groups (broad SMARTS) is 1. The summed E-state index contributed by atoms with van der Waals surface area (Å²) in [6.45, 7) is 0.454. The van der Waals surface area contributed by atoms with E-state index >= 15 is 0 Å². The lowest BCUT2D eigenvalue weighted by Gasteiger charge is -2.30. The van der Waals surface area contributed by atoms with Crippen LogP contribution in [0.4, 0.5) is 5.82 Å². The van der Waals surface area contributed by atoms with Crippen molar-refractivity contribution in [2.75, 3.05) is 24.6 Å². The molecule has 2 aromatic heterocycles. The minimum atomic E-state index is -5.12. The Hall–Kier alpha value is -2.23. The molecule has 33 heavy (non-hydrogen) atoms. The molecule has 4 rings (SSSR count). The van der Waals surface area contributed by atoms with Crippen molar-refractivity contribution in [3.05, 3.63) is 12.7 Å². The van der Waals surface area contributed by atoms with Crippen molar-refractivity contribution in [3.63, 3.8) is 0 Å². The molecule has 0 spiro atoms. The number of piperidine rings is 1. The van der Waals surface area contributed by atoms with Gasteiger partial charge in [-0.2, -0.15) is 0 Å². The molecule has 2 aliphatic rings. The molecule has 6 N–H and O–H groups in total. The van der Waals surface area contributed by atoms with Crippen LogP contribution in [0.3, 0.4) is 0 Å². The first-order chi connectivity index (χ1) is 15.6. The monoisotopic (exact) mass is 489 g/mol. The van der Waals surface area contributed by atoms with E-state index in [1.165, 1.54) is 17.2 Å². The van der Waals surface area contributed by atoms with Crippen LogP contribution < -0.4 is 4.90 Å². The molecule has 0 amide bonds. The number of imidazole rings is 1. The van der Waals surface area contributed by atoms with Crippen LogP contribution in [0, 0.1) is 0 Å². The maximum absolute atomic E-state index is 11.3. The summed E-state index contributed by atoms with van der Waals surface area (Å²) in [7, 11) is -5.12. The van der Waals surface area contributed by atoms with Gasteiger partial charge in [0.15, 0.2) is 23.2 Å². The Kier molecular flexibility index (Phi) is 6.66. The molecule has 2 fully saturated rings. The number of hydrogen-bond acceptors (Lipinski definition) is 11. The molecule has 2 aromatic rings. The van der Waals surface area contributed by atoms with E-state index in [4.69, 9.17) is 24.4 Å². The number of carboxylic acids is 1. The highest BCUT2D eigenvalue weighted by Gasteiger charge is 2.46. The summed E-state index contributed by atoms with van der Waals surface area (Å²) < 4.78 is 23.1. The molecular formula is C17H24N5O10P. The molecule has 16 heteroatoms. The maximum Gasteiger partial charge on any atom is 0.365 e. The number of aliphatic carboxylic acids is 1. The van der Waals surface area contributed by atoms with Crippen LogP contribution in [0.1, 0.15) is 19.1 Å². The Morgan fingerprint density at radius 1 is 1.18 bits per heavy atom. The van der Waals surface area contributed by atoms with Crippen molar-refractivity contribution in [3.8, 4) is 0 Å². The molecule has 5 atom stereocenters. The van der Waals surface area contributed by atoms with Gasteiger partial charge in [0, 0.05) is 13.1 Å². The molecule has 0 radical (unpaired) electrons. The summed E-state index contributed by atoms with van der Waals surface area (Å²) in [5.41, 5.74) is 0.730. The van der Waals surface area contributed by atoms with E-state index in [1.54, 1.807) is 0 Å². The van der Waals surface area contributed by atoms with Crippen molar-refractivity contribution >= 4 is 30.5 Å². The van der Waals surface area contributed by atoms with Crippen LogP contribution in [0.5, 0.6) is 0 Å². The van der Waals surface area contributed by atoms with Crippen molar-refractivity contribution in [2.45, 2.75) is 49.3 Å². The Morgan fingerprint density at radius 2 is 1.88 bits per heavy atom. The lowest BCUT2D eigenvalue weighted by Crippen LogP contribution is -2.36. The van der Waals surface area contributed by atoms with Gasteiger partial charge in [-0.25, -0.2) is 19.7 Å². The van der Waals surface area contributed by atoms with E-state index in [2.05, 4.69) is 15.0 Å². The molecule has 2 saturated heterocycles. The quantitative estimate of drug-likeness (QED) is 0.232. The summed E-state index contributed by atoms with van der Waals surface area (Å²) in [6.07, 6.45) is -2.03. The predicted molar refractivity (Wildman–Crippen MR) is 108 cm³/mol. The van der Waals surface area contributed by atoms with E-state index in [0.29, 0.717) is 42.9 Å². The topological polar surface area (TPSA) is 221 Å². The van der Waals surface area contributed by atoms with Gasteiger partial charge in [-0.05, 0) is 12.8 Å². The number of hydrogen-bond donors (Lipinski definition) is 6. The van der Waals surface area contributed by atoms with Gasteiger partial charge in [0.25, 0.3) is 5.85 Å². The minimum absolute atomic E-state index is 0.308. The number of aliphatic hydroxyl groups excluding tert-OH is 3. The number of nitrogens with zero attached hydrogens (tertiary/aromatic N) is 5. The van der Waals surface area contributed by atoms with Gasteiger partial charge in [-0.3, -0.25) is 9.13 Å². The smallest absolute Gasteiger partial charge is 0.365 e. The molecule has 0 saturated carbocycles. The zero-order valence-electron chi connectivity index (χ0n) is 17.2. The molecule has 0 aliphatic carbocycles. The lowest BCUT2D eigenvalue weighted by molar-refractivity contribution is -0.149. The van der Waals surface area contributed by atoms with Gasteiger partial charge < -0.3 is 44.6 Å². The fourth-order valence-electron chi connectivity index (χ4n) is 3.93. The predicted octanol–water partition coefficient (Wildman–Crippen LogP) is -1.99. The Bertz CT molecular complexity index is 1050. The second kappa shape index (κ2) is 9.19. The molecule has 2 aliphatic heterocycles. The molecule has 4 heterocycles. The number of anilines is 1. The molecule has 182 valence electrons. The highest BCUT2D eigenvalue weighted by atomic mass is 31.2. The Balaban J connectivity index is 1.53. The Labute approximate surface area is 186 Å². The van der Waals surface area contributed by atoms with Crippen LogP contribution in [0.2, 0.25) is 0 Å². The van der Waals surface area contributed by atoms with Gasteiger partial charge in [-0.1, -0.05) is 0 Å². The number of carbonyl (C=O) groups is 1. The fraction of sp³-hybridized carbons (Fsp3) is 0.647. The van der Waals surface area contributed by atoms with Crippen LogP contribution in [-0.4, -0.2) is 106 Å². The number of aromatic nitrogens is 4. The minimum Gasteiger partial charge on any atom is -0.479 e. The number of rotatable bonds is 7. The van der Waals surface area contributed by atoms with E-state index in [0.717, 1.165) is 0 Å². The van der Waals surface area contributed by atoms with Gasteiger partial charge in [-0.15, -0.1) is 0 Å². The third-order valence-electron chi connectivity index (χ3n) is 5.65. The zero-order chi connectivity index (χ0) is 23.9. The first kappa shape index (κ1) is 23.9. The summed E-state index contributed by atoms with van der Waals surface area (Å²) >= 11 is 0. The largest absolute Gasteiger partial charge is 0.479 e. The van der Waals surface area contributed by atoms with Crippen LogP contribution in [0.15, 0.2) is 12.7 Å². The van der Waals surface area contributed by atoms with E-state index in [1.807, 2.05) is 4.90 Å². The van der Waals surface area contributed by atoms with Crippen molar-refractivity contribution in [1.29, 1.82) is 0 Å². The summed E-state index contributed by atoms with van der Waals surface area (Å²) in [5.74, 6) is -3.76. The van der Waals surface area contributed by atoms with Crippen molar-refractivity contribution < 1.29 is 49.0 Å². The van der Waals surface area contributed by atoms with Gasteiger partial charge in [0.2, 0.25) is 0 Å². The average Bonchev–Trinajstić information content (AvgIpc) is 3.29. The summed E-state index contributed by atoms with van der Waals surface area (Å²) in [5, 5.41) is 39.5. The van der Waals surface area contributed by atoms with Crippen molar-refractivity contribution in [2.24, 2.45) is 0 Å². The first-order valence-corrected chi connectivity index (χ1v) is 11.8. The van der Waals surface area contributed by atoms with E-state index in [9.17, 15) is 24.7 Å². The number of fused-ring (bicyclic) bond motifs is 1. The third-order valence-corrected chi connectivity index (χ3v) is 6.63. The molecule has 1 unspecified atom stereocenters. The molecule has 15 nitrogen and oxygen atoms in total. The number of aliphatic hydroxyl groups is 3. The standard InChI is InChI=1S/C17H24N5O10P/c23-8-1-3-21(4-2-8)13-10-14(19-6-18-13)22(7-20-10)15-12(25)11(24)9(32-15)5-31-17(16(26)27)33(28,29)30/h6-9,11-12,15,17,23-25H,1-5H2,(H,26,27)(H2,28,29,30)/t9-,11+,12-,15-,17?/m1/s1. The third kappa shape index (κ3) is 4.72. The van der Waals surface area contributed by atoms with Gasteiger partial charge in [0.05, 0.1) is 19.0 Å². The average molecular weight is 489 g/mol. The normalized spacial score (nSPS) is 27.8. The zero-order valence-corrected chi connectivity index (χ0v) is 18.0. The van der Waals surface area contributed by atoms with Crippen LogP contribution in [0.25, 0.3) is 11.2 Å². The van der Waals surface area contributed by atoms with Crippen LogP contribution >= 0.6 is 7.60 Å². The van der Waals surface area contributed by atoms with Crippen LogP contribution in [-0.2, 0) is 18.8 Å². The SMILES string of the molecule is O=C(O)C(OC[C@H]1O[C@@H](n2cnc3c(N4CCC(O)CC4)ncnc32)[C@H](O)[C@H]1O)P(=O)(O)O. The highest BCUT2D eigenvalue weighted by Crippen LogP contribution is 2.42. The Morgan fingerprint density at radius 3 is 2.52 bits per heavy atom. The maximum atomic E-state index is 11.3. The molecule has 0 aromatic carbocycles. The highest BCUT2D eigenvalue weighted by molar-refractivity contribution is 7.53. The summed E-state index contributed by atoms with van der Waals surface area (Å²) in [6, 6.07) is 0. The number of ether oxygens (including phenoxy) is 2. The van der Waals surface area contributed by atoms with Gasteiger partial charge in [0.1, 0.15) is 24.6 Å².